The Bertz CT molecular complexity index is 498. The van der Waals surface area contributed by atoms with Crippen LogP contribution < -0.4 is 0 Å². The number of hydrogen-bond acceptors (Lipinski definition) is 5. The van der Waals surface area contributed by atoms with E-state index in [0.29, 0.717) is 6.54 Å². The van der Waals surface area contributed by atoms with Gasteiger partial charge in [0.25, 0.3) is 0 Å². The van der Waals surface area contributed by atoms with Gasteiger partial charge in [-0.2, -0.15) is 13.2 Å². The van der Waals surface area contributed by atoms with E-state index in [4.69, 9.17) is 4.74 Å². The Morgan fingerprint density at radius 3 is 2.65 bits per heavy atom. The molecule has 1 aliphatic rings. The number of esters is 1. The van der Waals surface area contributed by atoms with Crippen LogP contribution in [0.4, 0.5) is 13.2 Å². The number of carbonyl (C=O) groups is 1. The van der Waals surface area contributed by atoms with Gasteiger partial charge >= 0.3 is 12.1 Å². The molecule has 6 nitrogen and oxygen atoms in total. The Hall–Kier alpha value is -1.64. The number of ether oxygens (including phenoxy) is 1. The van der Waals surface area contributed by atoms with Gasteiger partial charge in [-0.1, -0.05) is 0 Å². The summed E-state index contributed by atoms with van der Waals surface area (Å²) in [5.74, 6) is -1.18. The summed E-state index contributed by atoms with van der Waals surface area (Å²) in [5.41, 5.74) is 0. The molecule has 0 saturated carbocycles. The highest BCUT2D eigenvalue weighted by atomic mass is 19.4. The van der Waals surface area contributed by atoms with Crippen LogP contribution in [0.2, 0.25) is 0 Å². The Kier molecular flexibility index (Phi) is 3.98. The molecule has 1 aromatic rings. The molecule has 0 saturated heterocycles. The summed E-state index contributed by atoms with van der Waals surface area (Å²) >= 11 is 0. The largest absolute Gasteiger partial charge is 0.462 e. The summed E-state index contributed by atoms with van der Waals surface area (Å²) in [6, 6.07) is 0. The summed E-state index contributed by atoms with van der Waals surface area (Å²) in [5, 5.41) is 6.72. The van der Waals surface area contributed by atoms with Crippen molar-refractivity contribution in [3.05, 3.63) is 11.6 Å². The monoisotopic (exact) mass is 292 g/mol. The number of fused-ring (bicyclic) bond motifs is 1. The summed E-state index contributed by atoms with van der Waals surface area (Å²) < 4.78 is 44.0. The lowest BCUT2D eigenvalue weighted by molar-refractivity contribution is -0.151. The molecular weight excluding hydrogens is 277 g/mol. The number of carbonyl (C=O) groups excluding carboxylic acids is 1. The zero-order chi connectivity index (χ0) is 14.9. The Morgan fingerprint density at radius 1 is 1.35 bits per heavy atom. The van der Waals surface area contributed by atoms with Crippen molar-refractivity contribution < 1.29 is 22.7 Å². The van der Waals surface area contributed by atoms with E-state index < -0.39 is 18.0 Å². The van der Waals surface area contributed by atoms with Crippen LogP contribution in [0.25, 0.3) is 0 Å². The molecule has 0 amide bonds. The average Bonchev–Trinajstić information content (AvgIpc) is 2.69. The lowest BCUT2D eigenvalue weighted by Crippen LogP contribution is -2.39. The van der Waals surface area contributed by atoms with E-state index in [2.05, 4.69) is 10.2 Å². The van der Waals surface area contributed by atoms with E-state index in [0.717, 1.165) is 4.57 Å². The van der Waals surface area contributed by atoms with Crippen molar-refractivity contribution in [2.24, 2.45) is 0 Å². The lowest BCUT2D eigenvalue weighted by Gasteiger charge is -2.27. The second-order valence-corrected chi connectivity index (χ2v) is 4.84. The normalized spacial score (nSPS) is 16.3. The van der Waals surface area contributed by atoms with E-state index in [1.165, 1.54) is 0 Å². The molecule has 112 valence electrons. The van der Waals surface area contributed by atoms with Crippen molar-refractivity contribution in [3.63, 3.8) is 0 Å². The maximum absolute atomic E-state index is 12.6. The van der Waals surface area contributed by atoms with Crippen LogP contribution in [0.5, 0.6) is 0 Å². The predicted molar refractivity (Wildman–Crippen MR) is 61.5 cm³/mol. The number of nitrogens with zero attached hydrogens (tertiary/aromatic N) is 4. The van der Waals surface area contributed by atoms with Gasteiger partial charge in [0.05, 0.1) is 19.2 Å². The topological polar surface area (TPSA) is 60.2 Å². The van der Waals surface area contributed by atoms with Gasteiger partial charge in [-0.05, 0) is 13.8 Å². The van der Waals surface area contributed by atoms with Crippen LogP contribution >= 0.6 is 0 Å². The van der Waals surface area contributed by atoms with Crippen molar-refractivity contribution in [2.75, 3.05) is 13.1 Å². The molecule has 20 heavy (non-hydrogen) atoms. The van der Waals surface area contributed by atoms with Gasteiger partial charge in [-0.15, -0.1) is 10.2 Å². The van der Waals surface area contributed by atoms with Gasteiger partial charge in [0.2, 0.25) is 5.82 Å². The molecule has 0 unspecified atom stereocenters. The highest BCUT2D eigenvalue weighted by molar-refractivity contribution is 5.71. The second kappa shape index (κ2) is 5.39. The average molecular weight is 292 g/mol. The third-order valence-corrected chi connectivity index (χ3v) is 2.81. The molecule has 0 aromatic carbocycles. The number of halogens is 3. The summed E-state index contributed by atoms with van der Waals surface area (Å²) in [7, 11) is 0. The fourth-order valence-corrected chi connectivity index (χ4v) is 2.04. The van der Waals surface area contributed by atoms with Crippen LogP contribution in [-0.4, -0.2) is 44.8 Å². The van der Waals surface area contributed by atoms with E-state index in [1.54, 1.807) is 18.7 Å². The second-order valence-electron chi connectivity index (χ2n) is 4.84. The highest BCUT2D eigenvalue weighted by Gasteiger charge is 2.39. The number of hydrogen-bond donors (Lipinski definition) is 0. The zero-order valence-corrected chi connectivity index (χ0v) is 11.1. The maximum Gasteiger partial charge on any atom is 0.451 e. The number of aromatic nitrogens is 3. The first-order chi connectivity index (χ1) is 9.27. The van der Waals surface area contributed by atoms with Gasteiger partial charge in [-0.3, -0.25) is 9.69 Å². The van der Waals surface area contributed by atoms with Crippen molar-refractivity contribution >= 4 is 5.97 Å². The summed E-state index contributed by atoms with van der Waals surface area (Å²) in [6.45, 7) is 4.08. The molecule has 2 rings (SSSR count). The quantitative estimate of drug-likeness (QED) is 0.780. The minimum atomic E-state index is -4.51. The van der Waals surface area contributed by atoms with E-state index in [1.807, 2.05) is 0 Å². The minimum absolute atomic E-state index is 0.0341. The fourth-order valence-electron chi connectivity index (χ4n) is 2.04. The summed E-state index contributed by atoms with van der Waals surface area (Å²) in [6.07, 6.45) is -4.72. The lowest BCUT2D eigenvalue weighted by atomic mass is 10.3. The van der Waals surface area contributed by atoms with Crippen LogP contribution in [-0.2, 0) is 28.8 Å². The van der Waals surface area contributed by atoms with Crippen molar-refractivity contribution in [2.45, 2.75) is 39.2 Å². The molecule has 0 radical (unpaired) electrons. The molecule has 2 heterocycles. The number of alkyl halides is 3. The first-order valence-electron chi connectivity index (χ1n) is 6.18. The molecule has 0 atom stereocenters. The van der Waals surface area contributed by atoms with Gasteiger partial charge in [0, 0.05) is 13.1 Å². The Balaban J connectivity index is 2.02. The van der Waals surface area contributed by atoms with Gasteiger partial charge in [-0.25, -0.2) is 0 Å². The van der Waals surface area contributed by atoms with Crippen molar-refractivity contribution in [1.29, 1.82) is 0 Å². The molecule has 0 spiro atoms. The van der Waals surface area contributed by atoms with Gasteiger partial charge in [0.15, 0.2) is 0 Å². The van der Waals surface area contributed by atoms with Crippen molar-refractivity contribution in [3.8, 4) is 0 Å². The zero-order valence-electron chi connectivity index (χ0n) is 11.1. The van der Waals surface area contributed by atoms with Crippen LogP contribution in [0.3, 0.4) is 0 Å². The highest BCUT2D eigenvalue weighted by Crippen LogP contribution is 2.29. The van der Waals surface area contributed by atoms with Gasteiger partial charge in [0.1, 0.15) is 5.82 Å². The number of rotatable bonds is 3. The molecule has 9 heteroatoms. The summed E-state index contributed by atoms with van der Waals surface area (Å²) in [4.78, 5) is 13.2. The molecular formula is C11H15F3N4O2. The van der Waals surface area contributed by atoms with Crippen molar-refractivity contribution in [1.82, 2.24) is 19.7 Å². The first-order valence-corrected chi connectivity index (χ1v) is 6.18. The van der Waals surface area contributed by atoms with E-state index in [9.17, 15) is 18.0 Å². The maximum atomic E-state index is 12.6. The molecule has 0 aliphatic carbocycles. The molecule has 0 N–H and O–H groups in total. The fraction of sp³-hybridized carbons (Fsp3) is 0.727. The first kappa shape index (κ1) is 14.8. The standard InChI is InChI=1S/C11H15F3N4O2/c1-7(2)20-9(19)6-17-3-4-18-8(5-17)15-16-10(18)11(12,13)14/h7H,3-6H2,1-2H3. The molecule has 0 bridgehead atoms. The molecule has 0 fully saturated rings. The van der Waals surface area contributed by atoms with Crippen LogP contribution in [0.1, 0.15) is 25.5 Å². The van der Waals surface area contributed by atoms with Crippen LogP contribution in [0.15, 0.2) is 0 Å². The minimum Gasteiger partial charge on any atom is -0.462 e. The predicted octanol–water partition coefficient (Wildman–Crippen LogP) is 1.06. The third kappa shape index (κ3) is 3.27. The van der Waals surface area contributed by atoms with E-state index >= 15 is 0 Å². The van der Waals surface area contributed by atoms with E-state index in [-0.39, 0.29) is 31.6 Å². The SMILES string of the molecule is CC(C)OC(=O)CN1CCn2c(nnc2C(F)(F)F)C1. The smallest absolute Gasteiger partial charge is 0.451 e. The molecule has 1 aromatic heterocycles. The Labute approximate surface area is 113 Å². The van der Waals surface area contributed by atoms with Crippen LogP contribution in [0, 0.1) is 0 Å². The Morgan fingerprint density at radius 2 is 2.05 bits per heavy atom. The van der Waals surface area contributed by atoms with Gasteiger partial charge < -0.3 is 9.30 Å². The third-order valence-electron chi connectivity index (χ3n) is 2.81. The molecule has 1 aliphatic heterocycles.